The SMILES string of the molecule is CCC(=O)c1cnc(C(=O)O)c(C)n1. The fourth-order valence-electron chi connectivity index (χ4n) is 1.01. The molecule has 0 unspecified atom stereocenters. The first-order valence-electron chi connectivity index (χ1n) is 4.16. The Morgan fingerprint density at radius 2 is 2.14 bits per heavy atom. The third-order valence-electron chi connectivity index (χ3n) is 1.76. The van der Waals surface area contributed by atoms with E-state index in [9.17, 15) is 9.59 Å². The summed E-state index contributed by atoms with van der Waals surface area (Å²) in [7, 11) is 0. The summed E-state index contributed by atoms with van der Waals surface area (Å²) < 4.78 is 0. The lowest BCUT2D eigenvalue weighted by Crippen LogP contribution is -2.09. The minimum Gasteiger partial charge on any atom is -0.476 e. The Balaban J connectivity index is 3.12. The number of carboxylic acid groups (broad SMARTS) is 1. The number of aromatic carboxylic acids is 1. The number of rotatable bonds is 3. The molecule has 5 nitrogen and oxygen atoms in total. The Bertz CT molecular complexity index is 388. The molecule has 0 radical (unpaired) electrons. The number of Topliss-reactive ketones (excluding diaryl/α,β-unsaturated/α-hetero) is 1. The molecule has 1 aromatic heterocycles. The van der Waals surface area contributed by atoms with Gasteiger partial charge in [-0.25, -0.2) is 14.8 Å². The van der Waals surface area contributed by atoms with Gasteiger partial charge in [-0.05, 0) is 6.92 Å². The van der Waals surface area contributed by atoms with Crippen molar-refractivity contribution in [2.75, 3.05) is 0 Å². The van der Waals surface area contributed by atoms with E-state index in [-0.39, 0.29) is 22.9 Å². The molecule has 5 heteroatoms. The van der Waals surface area contributed by atoms with Gasteiger partial charge in [0.1, 0.15) is 5.69 Å². The summed E-state index contributed by atoms with van der Waals surface area (Å²) in [4.78, 5) is 29.3. The zero-order valence-corrected chi connectivity index (χ0v) is 7.94. The van der Waals surface area contributed by atoms with E-state index in [0.717, 1.165) is 0 Å². The molecule has 0 aliphatic heterocycles. The second-order valence-electron chi connectivity index (χ2n) is 2.77. The van der Waals surface area contributed by atoms with Crippen LogP contribution in [0.4, 0.5) is 0 Å². The first-order valence-corrected chi connectivity index (χ1v) is 4.16. The van der Waals surface area contributed by atoms with Crippen LogP contribution in [-0.4, -0.2) is 26.8 Å². The van der Waals surface area contributed by atoms with E-state index in [1.54, 1.807) is 6.92 Å². The lowest BCUT2D eigenvalue weighted by Gasteiger charge is -2.01. The van der Waals surface area contributed by atoms with Crippen LogP contribution in [0.5, 0.6) is 0 Å². The van der Waals surface area contributed by atoms with Crippen LogP contribution < -0.4 is 0 Å². The largest absolute Gasteiger partial charge is 0.476 e. The number of aromatic nitrogens is 2. The summed E-state index contributed by atoms with van der Waals surface area (Å²) in [6.07, 6.45) is 1.53. The van der Waals surface area contributed by atoms with Crippen molar-refractivity contribution in [2.24, 2.45) is 0 Å². The second-order valence-corrected chi connectivity index (χ2v) is 2.77. The average Bonchev–Trinajstić information content (AvgIpc) is 2.15. The van der Waals surface area contributed by atoms with Crippen LogP contribution in [0.1, 0.15) is 40.0 Å². The molecular weight excluding hydrogens is 184 g/mol. The number of carbonyl (C=O) groups is 2. The maximum atomic E-state index is 11.2. The van der Waals surface area contributed by atoms with Crippen LogP contribution in [0, 0.1) is 6.92 Å². The van der Waals surface area contributed by atoms with Crippen LogP contribution >= 0.6 is 0 Å². The molecule has 0 fully saturated rings. The van der Waals surface area contributed by atoms with Crippen molar-refractivity contribution in [1.29, 1.82) is 0 Å². The summed E-state index contributed by atoms with van der Waals surface area (Å²) in [5, 5.41) is 8.66. The van der Waals surface area contributed by atoms with Crippen LogP contribution in [0.25, 0.3) is 0 Å². The van der Waals surface area contributed by atoms with E-state index in [1.165, 1.54) is 13.1 Å². The highest BCUT2D eigenvalue weighted by molar-refractivity contribution is 5.94. The van der Waals surface area contributed by atoms with Gasteiger partial charge in [0.15, 0.2) is 11.5 Å². The maximum absolute atomic E-state index is 11.2. The first-order chi connectivity index (χ1) is 6.56. The molecule has 0 aromatic carbocycles. The van der Waals surface area contributed by atoms with Crippen molar-refractivity contribution in [3.8, 4) is 0 Å². The molecular formula is C9H10N2O3. The molecule has 0 aliphatic rings. The van der Waals surface area contributed by atoms with Crippen LogP contribution in [-0.2, 0) is 0 Å². The molecule has 0 atom stereocenters. The third kappa shape index (κ3) is 1.93. The zero-order valence-electron chi connectivity index (χ0n) is 7.94. The van der Waals surface area contributed by atoms with Gasteiger partial charge in [-0.1, -0.05) is 6.92 Å². The van der Waals surface area contributed by atoms with E-state index < -0.39 is 5.97 Å². The van der Waals surface area contributed by atoms with Crippen LogP contribution in [0.15, 0.2) is 6.20 Å². The van der Waals surface area contributed by atoms with Crippen LogP contribution in [0.2, 0.25) is 0 Å². The molecule has 0 aliphatic carbocycles. The number of hydrogen-bond acceptors (Lipinski definition) is 4. The highest BCUT2D eigenvalue weighted by Crippen LogP contribution is 2.04. The Kier molecular flexibility index (Phi) is 2.91. The number of carbonyl (C=O) groups excluding carboxylic acids is 1. The quantitative estimate of drug-likeness (QED) is 0.728. The summed E-state index contributed by atoms with van der Waals surface area (Å²) in [6.45, 7) is 3.23. The fourth-order valence-corrected chi connectivity index (χ4v) is 1.01. The Hall–Kier alpha value is -1.78. The molecule has 1 N–H and O–H groups in total. The number of aryl methyl sites for hydroxylation is 1. The number of ketones is 1. The van der Waals surface area contributed by atoms with Crippen molar-refractivity contribution in [1.82, 2.24) is 9.97 Å². The van der Waals surface area contributed by atoms with E-state index in [1.807, 2.05) is 0 Å². The summed E-state index contributed by atoms with van der Waals surface area (Å²) in [5.41, 5.74) is 0.365. The summed E-state index contributed by atoms with van der Waals surface area (Å²) in [6, 6.07) is 0. The number of nitrogens with zero attached hydrogens (tertiary/aromatic N) is 2. The lowest BCUT2D eigenvalue weighted by atomic mass is 10.2. The Labute approximate surface area is 80.8 Å². The predicted octanol–water partition coefficient (Wildman–Crippen LogP) is 1.08. The minimum atomic E-state index is -1.13. The van der Waals surface area contributed by atoms with Gasteiger partial charge in [0, 0.05) is 6.42 Å². The molecule has 0 bridgehead atoms. The summed E-state index contributed by atoms with van der Waals surface area (Å²) in [5.74, 6) is -1.27. The highest BCUT2D eigenvalue weighted by Gasteiger charge is 2.13. The second kappa shape index (κ2) is 3.95. The molecule has 0 saturated carbocycles. The van der Waals surface area contributed by atoms with E-state index in [4.69, 9.17) is 5.11 Å². The van der Waals surface area contributed by atoms with E-state index >= 15 is 0 Å². The van der Waals surface area contributed by atoms with Gasteiger partial charge in [-0.2, -0.15) is 0 Å². The van der Waals surface area contributed by atoms with Crippen molar-refractivity contribution in [3.63, 3.8) is 0 Å². The third-order valence-corrected chi connectivity index (χ3v) is 1.76. The molecule has 14 heavy (non-hydrogen) atoms. The Morgan fingerprint density at radius 3 is 2.57 bits per heavy atom. The Morgan fingerprint density at radius 1 is 1.50 bits per heavy atom. The molecule has 0 amide bonds. The van der Waals surface area contributed by atoms with Gasteiger partial charge < -0.3 is 5.11 Å². The molecule has 1 aromatic rings. The maximum Gasteiger partial charge on any atom is 0.356 e. The molecule has 0 spiro atoms. The highest BCUT2D eigenvalue weighted by atomic mass is 16.4. The lowest BCUT2D eigenvalue weighted by molar-refractivity contribution is 0.0688. The van der Waals surface area contributed by atoms with Gasteiger partial charge >= 0.3 is 5.97 Å². The van der Waals surface area contributed by atoms with E-state index in [0.29, 0.717) is 6.42 Å². The number of carboxylic acids is 1. The van der Waals surface area contributed by atoms with Crippen molar-refractivity contribution < 1.29 is 14.7 Å². The predicted molar refractivity (Wildman–Crippen MR) is 48.3 cm³/mol. The summed E-state index contributed by atoms with van der Waals surface area (Å²) >= 11 is 0. The fraction of sp³-hybridized carbons (Fsp3) is 0.333. The van der Waals surface area contributed by atoms with Gasteiger partial charge in [0.05, 0.1) is 11.9 Å². The van der Waals surface area contributed by atoms with E-state index in [2.05, 4.69) is 9.97 Å². The normalized spacial score (nSPS) is 9.86. The smallest absolute Gasteiger partial charge is 0.356 e. The van der Waals surface area contributed by atoms with Gasteiger partial charge in [0.25, 0.3) is 0 Å². The zero-order chi connectivity index (χ0) is 10.7. The molecule has 0 saturated heterocycles. The molecule has 74 valence electrons. The first kappa shape index (κ1) is 10.3. The topological polar surface area (TPSA) is 80.2 Å². The van der Waals surface area contributed by atoms with Crippen molar-refractivity contribution in [2.45, 2.75) is 20.3 Å². The standard InChI is InChI=1S/C9H10N2O3/c1-3-7(12)6-4-10-8(9(13)14)5(2)11-6/h4H,3H2,1-2H3,(H,13,14). The van der Waals surface area contributed by atoms with Gasteiger partial charge in [0.2, 0.25) is 0 Å². The van der Waals surface area contributed by atoms with Crippen molar-refractivity contribution in [3.05, 3.63) is 23.3 Å². The van der Waals surface area contributed by atoms with Gasteiger partial charge in [-0.3, -0.25) is 4.79 Å². The molecule has 1 heterocycles. The average molecular weight is 194 g/mol. The minimum absolute atomic E-state index is 0.113. The monoisotopic (exact) mass is 194 g/mol. The molecule has 1 rings (SSSR count). The van der Waals surface area contributed by atoms with Gasteiger partial charge in [-0.15, -0.1) is 0 Å². The van der Waals surface area contributed by atoms with Crippen LogP contribution in [0.3, 0.4) is 0 Å². The number of hydrogen-bond donors (Lipinski definition) is 1. The van der Waals surface area contributed by atoms with Crippen molar-refractivity contribution >= 4 is 11.8 Å².